The molecule has 2 fully saturated rings. The third-order valence-electron chi connectivity index (χ3n) is 7.40. The van der Waals surface area contributed by atoms with Crippen molar-refractivity contribution in [2.75, 3.05) is 39.4 Å². The van der Waals surface area contributed by atoms with Gasteiger partial charge in [0, 0.05) is 31.7 Å². The monoisotopic (exact) mass is 526 g/mol. The Bertz CT molecular complexity index is 1360. The molecule has 7 heteroatoms. The Hall–Kier alpha value is -3.94. The average molecular weight is 527 g/mol. The van der Waals surface area contributed by atoms with Crippen molar-refractivity contribution in [3.63, 3.8) is 0 Å². The van der Waals surface area contributed by atoms with Crippen molar-refractivity contribution >= 4 is 17.4 Å². The first kappa shape index (κ1) is 26.7. The van der Waals surface area contributed by atoms with Crippen molar-refractivity contribution < 1.29 is 24.2 Å². The Morgan fingerprint density at radius 2 is 1.67 bits per heavy atom. The van der Waals surface area contributed by atoms with Gasteiger partial charge in [0.2, 0.25) is 0 Å². The summed E-state index contributed by atoms with van der Waals surface area (Å²) in [4.78, 5) is 30.5. The van der Waals surface area contributed by atoms with Crippen LogP contribution in [0.5, 0.6) is 5.75 Å². The fraction of sp³-hybridized carbons (Fsp3) is 0.312. The van der Waals surface area contributed by atoms with Crippen molar-refractivity contribution in [1.82, 2.24) is 9.80 Å². The largest absolute Gasteiger partial charge is 0.507 e. The molecule has 0 saturated carbocycles. The highest BCUT2D eigenvalue weighted by Crippen LogP contribution is 2.40. The summed E-state index contributed by atoms with van der Waals surface area (Å²) in [5.41, 5.74) is 4.30. The van der Waals surface area contributed by atoms with Gasteiger partial charge in [-0.3, -0.25) is 14.5 Å². The summed E-state index contributed by atoms with van der Waals surface area (Å²) in [6, 6.07) is 22.4. The summed E-state index contributed by atoms with van der Waals surface area (Å²) in [6.07, 6.45) is 0. The summed E-state index contributed by atoms with van der Waals surface area (Å²) in [5.74, 6) is -0.756. The number of aryl methyl sites for hydroxylation is 2. The van der Waals surface area contributed by atoms with Gasteiger partial charge in [-0.15, -0.1) is 0 Å². The van der Waals surface area contributed by atoms with Crippen LogP contribution in [0.2, 0.25) is 0 Å². The molecule has 1 amide bonds. The van der Waals surface area contributed by atoms with Crippen LogP contribution in [-0.4, -0.2) is 66.0 Å². The minimum Gasteiger partial charge on any atom is -0.507 e. The summed E-state index contributed by atoms with van der Waals surface area (Å²) >= 11 is 0. The fourth-order valence-electron chi connectivity index (χ4n) is 5.16. The number of rotatable bonds is 8. The highest BCUT2D eigenvalue weighted by atomic mass is 16.5. The molecule has 3 aromatic rings. The fourth-order valence-corrected chi connectivity index (χ4v) is 5.16. The van der Waals surface area contributed by atoms with Gasteiger partial charge in [-0.1, -0.05) is 60.2 Å². The van der Waals surface area contributed by atoms with E-state index in [1.807, 2.05) is 74.5 Å². The second kappa shape index (κ2) is 11.8. The molecule has 7 nitrogen and oxygen atoms in total. The van der Waals surface area contributed by atoms with Crippen LogP contribution in [0.4, 0.5) is 0 Å². The van der Waals surface area contributed by atoms with Crippen molar-refractivity contribution in [3.8, 4) is 5.75 Å². The van der Waals surface area contributed by atoms with E-state index < -0.39 is 17.7 Å². The van der Waals surface area contributed by atoms with Gasteiger partial charge in [0.1, 0.15) is 18.1 Å². The number of hydrogen-bond acceptors (Lipinski definition) is 6. The third-order valence-corrected chi connectivity index (χ3v) is 7.40. The number of benzene rings is 3. The lowest BCUT2D eigenvalue weighted by molar-refractivity contribution is -0.140. The molecule has 2 aliphatic heterocycles. The maximum atomic E-state index is 13.4. The minimum atomic E-state index is -0.667. The molecule has 0 bridgehead atoms. The van der Waals surface area contributed by atoms with E-state index in [2.05, 4.69) is 4.90 Å². The Labute approximate surface area is 229 Å². The molecule has 0 unspecified atom stereocenters. The summed E-state index contributed by atoms with van der Waals surface area (Å²) in [7, 11) is 0. The van der Waals surface area contributed by atoms with Crippen molar-refractivity contribution in [2.45, 2.75) is 26.5 Å². The number of carbonyl (C=O) groups excluding carboxylic acids is 2. The van der Waals surface area contributed by atoms with Gasteiger partial charge in [0.15, 0.2) is 0 Å². The van der Waals surface area contributed by atoms with Gasteiger partial charge in [-0.25, -0.2) is 0 Å². The van der Waals surface area contributed by atoms with E-state index in [0.29, 0.717) is 44.2 Å². The zero-order chi connectivity index (χ0) is 27.4. The zero-order valence-corrected chi connectivity index (χ0v) is 22.4. The summed E-state index contributed by atoms with van der Waals surface area (Å²) in [6.45, 7) is 8.18. The summed E-state index contributed by atoms with van der Waals surface area (Å²) in [5, 5.41) is 11.5. The lowest BCUT2D eigenvalue weighted by Gasteiger charge is -2.31. The number of ether oxygens (including phenoxy) is 2. The molecule has 1 atom stereocenters. The molecule has 3 aromatic carbocycles. The van der Waals surface area contributed by atoms with Gasteiger partial charge in [-0.2, -0.15) is 0 Å². The first-order valence-corrected chi connectivity index (χ1v) is 13.3. The van der Waals surface area contributed by atoms with E-state index in [1.54, 1.807) is 17.0 Å². The van der Waals surface area contributed by atoms with E-state index in [4.69, 9.17) is 9.47 Å². The number of carbonyl (C=O) groups is 2. The van der Waals surface area contributed by atoms with Crippen LogP contribution in [-0.2, 0) is 20.9 Å². The van der Waals surface area contributed by atoms with Crippen LogP contribution in [0.15, 0.2) is 78.4 Å². The van der Waals surface area contributed by atoms with Gasteiger partial charge < -0.3 is 19.5 Å². The highest BCUT2D eigenvalue weighted by Gasteiger charge is 2.46. The normalized spacial score (nSPS) is 19.4. The van der Waals surface area contributed by atoms with Gasteiger partial charge in [0.25, 0.3) is 11.7 Å². The van der Waals surface area contributed by atoms with Crippen LogP contribution in [0, 0.1) is 13.8 Å². The molecule has 0 aliphatic carbocycles. The van der Waals surface area contributed by atoms with Crippen molar-refractivity contribution in [2.24, 2.45) is 0 Å². The van der Waals surface area contributed by atoms with E-state index in [9.17, 15) is 14.7 Å². The molecule has 0 spiro atoms. The quantitative estimate of drug-likeness (QED) is 0.262. The van der Waals surface area contributed by atoms with E-state index >= 15 is 0 Å². The van der Waals surface area contributed by atoms with Crippen molar-refractivity contribution in [1.29, 1.82) is 0 Å². The molecular weight excluding hydrogens is 492 g/mol. The molecule has 2 aliphatic rings. The number of amides is 1. The second-order valence-electron chi connectivity index (χ2n) is 10.1. The molecule has 2 heterocycles. The topological polar surface area (TPSA) is 79.3 Å². The molecular formula is C32H34N2O5. The minimum absolute atomic E-state index is 0.117. The predicted octanol–water partition coefficient (Wildman–Crippen LogP) is 4.64. The van der Waals surface area contributed by atoms with Gasteiger partial charge >= 0.3 is 0 Å². The molecule has 202 valence electrons. The molecule has 39 heavy (non-hydrogen) atoms. The number of aliphatic hydroxyl groups is 1. The van der Waals surface area contributed by atoms with Crippen LogP contribution in [0.25, 0.3) is 5.76 Å². The molecule has 0 aromatic heterocycles. The maximum Gasteiger partial charge on any atom is 0.295 e. The molecule has 1 N–H and O–H groups in total. The number of hydrogen-bond donors (Lipinski definition) is 1. The van der Waals surface area contributed by atoms with E-state index in [1.165, 1.54) is 0 Å². The Morgan fingerprint density at radius 3 is 2.36 bits per heavy atom. The number of ketones is 1. The molecule has 5 rings (SSSR count). The zero-order valence-electron chi connectivity index (χ0n) is 22.4. The highest BCUT2D eigenvalue weighted by molar-refractivity contribution is 6.46. The lowest BCUT2D eigenvalue weighted by atomic mass is 9.93. The molecule has 0 radical (unpaired) electrons. The van der Waals surface area contributed by atoms with Crippen LogP contribution < -0.4 is 4.74 Å². The van der Waals surface area contributed by atoms with Crippen LogP contribution in [0.3, 0.4) is 0 Å². The third kappa shape index (κ3) is 5.90. The number of nitrogens with zero attached hydrogens (tertiary/aromatic N) is 2. The van der Waals surface area contributed by atoms with E-state index in [0.717, 1.165) is 35.3 Å². The SMILES string of the molecule is Cc1ccc([C@H]2C(=C(O)c3ccc(OCc4ccccc4)cc3C)C(=O)C(=O)N2CCN2CCOCC2)cc1. The lowest BCUT2D eigenvalue weighted by Crippen LogP contribution is -2.42. The predicted molar refractivity (Wildman–Crippen MR) is 149 cm³/mol. The average Bonchev–Trinajstić information content (AvgIpc) is 3.21. The maximum absolute atomic E-state index is 13.4. The Morgan fingerprint density at radius 1 is 0.949 bits per heavy atom. The Balaban J connectivity index is 1.45. The first-order valence-electron chi connectivity index (χ1n) is 13.3. The second-order valence-corrected chi connectivity index (χ2v) is 10.1. The first-order chi connectivity index (χ1) is 18.9. The van der Waals surface area contributed by atoms with Crippen LogP contribution in [0.1, 0.15) is 33.9 Å². The number of aliphatic hydroxyl groups excluding tert-OH is 1. The summed E-state index contributed by atoms with van der Waals surface area (Å²) < 4.78 is 11.4. The number of Topliss-reactive ketones (excluding diaryl/α,β-unsaturated/α-hetero) is 1. The molecule has 2 saturated heterocycles. The Kier molecular flexibility index (Phi) is 8.10. The number of morpholine rings is 1. The van der Waals surface area contributed by atoms with Gasteiger partial charge in [-0.05, 0) is 48.7 Å². The van der Waals surface area contributed by atoms with Gasteiger partial charge in [0.05, 0.1) is 24.8 Å². The smallest absolute Gasteiger partial charge is 0.295 e. The van der Waals surface area contributed by atoms with E-state index in [-0.39, 0.29) is 11.3 Å². The standard InChI is InChI=1S/C32H34N2O5/c1-22-8-10-25(11-9-22)29-28(31(36)32(37)34(29)15-14-33-16-18-38-19-17-33)30(35)27-13-12-26(20-23(27)2)39-21-24-6-4-3-5-7-24/h3-13,20,29,35H,14-19,21H2,1-2H3/t29-/m0/s1. The number of likely N-dealkylation sites (tertiary alicyclic amines) is 1. The van der Waals surface area contributed by atoms with Crippen molar-refractivity contribution in [3.05, 3.63) is 106 Å². The van der Waals surface area contributed by atoms with Crippen LogP contribution >= 0.6 is 0 Å².